The summed E-state index contributed by atoms with van der Waals surface area (Å²) < 4.78 is 81.5. The lowest BCUT2D eigenvalue weighted by molar-refractivity contribution is -0.313. The lowest BCUT2D eigenvalue weighted by Gasteiger charge is -2.30. The van der Waals surface area contributed by atoms with E-state index in [9.17, 15) is 26.3 Å². The summed E-state index contributed by atoms with van der Waals surface area (Å²) >= 11 is 0. The SMILES string of the molecule is CCCCCCCCCCOCC(F)(F)C(F)(F)C(C)(F)F. The topological polar surface area (TPSA) is 9.23 Å². The quantitative estimate of drug-likeness (QED) is 0.293. The zero-order valence-electron chi connectivity index (χ0n) is 13.2. The Hall–Kier alpha value is -0.460. The molecular weight excluding hydrogens is 310 g/mol. The zero-order chi connectivity index (χ0) is 17.3. The first-order valence-corrected chi connectivity index (χ1v) is 7.77. The predicted octanol–water partition coefficient (Wildman–Crippen LogP) is 6.07. The molecule has 0 aliphatic carbocycles. The van der Waals surface area contributed by atoms with Crippen molar-refractivity contribution in [3.8, 4) is 0 Å². The van der Waals surface area contributed by atoms with Gasteiger partial charge in [0.15, 0.2) is 0 Å². The summed E-state index contributed by atoms with van der Waals surface area (Å²) in [5, 5.41) is 0. The van der Waals surface area contributed by atoms with E-state index in [0.717, 1.165) is 32.1 Å². The van der Waals surface area contributed by atoms with Crippen molar-refractivity contribution in [1.82, 2.24) is 0 Å². The Bertz CT molecular complexity index is 288. The molecule has 0 aromatic rings. The number of halogens is 6. The average molecular weight is 336 g/mol. The van der Waals surface area contributed by atoms with E-state index in [-0.39, 0.29) is 13.5 Å². The average Bonchev–Trinajstić information content (AvgIpc) is 2.39. The lowest BCUT2D eigenvalue weighted by atomic mass is 10.1. The Morgan fingerprint density at radius 1 is 0.727 bits per heavy atom. The highest BCUT2D eigenvalue weighted by molar-refractivity contribution is 4.93. The van der Waals surface area contributed by atoms with Crippen molar-refractivity contribution < 1.29 is 31.1 Å². The minimum Gasteiger partial charge on any atom is -0.375 e. The molecule has 0 fully saturated rings. The molecule has 0 aromatic heterocycles. The minimum absolute atomic E-state index is 0.129. The molecule has 22 heavy (non-hydrogen) atoms. The van der Waals surface area contributed by atoms with E-state index in [1.807, 2.05) is 0 Å². The molecule has 7 heteroatoms. The molecule has 0 aliphatic rings. The zero-order valence-corrected chi connectivity index (χ0v) is 13.2. The number of hydrogen-bond donors (Lipinski definition) is 0. The highest BCUT2D eigenvalue weighted by atomic mass is 19.3. The Balaban J connectivity index is 3.78. The van der Waals surface area contributed by atoms with Crippen LogP contribution >= 0.6 is 0 Å². The number of alkyl halides is 6. The summed E-state index contributed by atoms with van der Waals surface area (Å²) in [6.45, 7) is 0.0698. The largest absolute Gasteiger partial charge is 0.375 e. The molecule has 0 heterocycles. The Labute approximate surface area is 128 Å². The van der Waals surface area contributed by atoms with Crippen LogP contribution in [-0.2, 0) is 4.74 Å². The van der Waals surface area contributed by atoms with Gasteiger partial charge < -0.3 is 4.74 Å². The molecule has 0 spiro atoms. The Morgan fingerprint density at radius 3 is 1.64 bits per heavy atom. The second kappa shape index (κ2) is 9.63. The maximum absolute atomic E-state index is 13.1. The van der Waals surface area contributed by atoms with Gasteiger partial charge in [0.05, 0.1) is 0 Å². The van der Waals surface area contributed by atoms with Gasteiger partial charge in [-0.1, -0.05) is 51.9 Å². The normalized spacial score (nSPS) is 13.6. The van der Waals surface area contributed by atoms with Crippen LogP contribution in [0.3, 0.4) is 0 Å². The van der Waals surface area contributed by atoms with Crippen LogP contribution < -0.4 is 0 Å². The maximum Gasteiger partial charge on any atom is 0.373 e. The number of hydrogen-bond acceptors (Lipinski definition) is 1. The van der Waals surface area contributed by atoms with Gasteiger partial charge in [0.1, 0.15) is 6.61 Å². The van der Waals surface area contributed by atoms with Crippen molar-refractivity contribution in [2.75, 3.05) is 13.2 Å². The molecule has 0 atom stereocenters. The fraction of sp³-hybridized carbons (Fsp3) is 1.00. The van der Waals surface area contributed by atoms with Gasteiger partial charge in [-0.05, 0) is 6.42 Å². The van der Waals surface area contributed by atoms with Crippen LogP contribution in [0.5, 0.6) is 0 Å². The van der Waals surface area contributed by atoms with Gasteiger partial charge in [0, 0.05) is 13.5 Å². The van der Waals surface area contributed by atoms with E-state index >= 15 is 0 Å². The second-order valence-corrected chi connectivity index (χ2v) is 5.69. The van der Waals surface area contributed by atoms with Crippen LogP contribution in [0.2, 0.25) is 0 Å². The molecule has 0 saturated heterocycles. The summed E-state index contributed by atoms with van der Waals surface area (Å²) in [6.07, 6.45) is 7.79. The number of rotatable bonds is 13. The lowest BCUT2D eigenvalue weighted by Crippen LogP contribution is -2.54. The highest BCUT2D eigenvalue weighted by Gasteiger charge is 2.69. The first-order valence-electron chi connectivity index (χ1n) is 7.77. The summed E-state index contributed by atoms with van der Waals surface area (Å²) in [6, 6.07) is 0. The monoisotopic (exact) mass is 336 g/mol. The highest BCUT2D eigenvalue weighted by Crippen LogP contribution is 2.45. The molecule has 0 unspecified atom stereocenters. The van der Waals surface area contributed by atoms with Crippen molar-refractivity contribution in [2.24, 2.45) is 0 Å². The fourth-order valence-corrected chi connectivity index (χ4v) is 1.95. The van der Waals surface area contributed by atoms with Crippen molar-refractivity contribution in [3.05, 3.63) is 0 Å². The number of unbranched alkanes of at least 4 members (excludes halogenated alkanes) is 7. The van der Waals surface area contributed by atoms with Gasteiger partial charge in [-0.15, -0.1) is 0 Å². The smallest absolute Gasteiger partial charge is 0.373 e. The molecule has 0 aromatic carbocycles. The van der Waals surface area contributed by atoms with E-state index in [1.54, 1.807) is 0 Å². The van der Waals surface area contributed by atoms with Gasteiger partial charge in [0.2, 0.25) is 0 Å². The van der Waals surface area contributed by atoms with Crippen molar-refractivity contribution in [1.29, 1.82) is 0 Å². The van der Waals surface area contributed by atoms with Crippen LogP contribution in [-0.4, -0.2) is 31.0 Å². The molecule has 134 valence electrons. The van der Waals surface area contributed by atoms with Crippen molar-refractivity contribution in [3.63, 3.8) is 0 Å². The minimum atomic E-state index is -5.42. The summed E-state index contributed by atoms with van der Waals surface area (Å²) in [4.78, 5) is 0. The van der Waals surface area contributed by atoms with E-state index in [4.69, 9.17) is 0 Å². The van der Waals surface area contributed by atoms with E-state index in [1.165, 1.54) is 12.8 Å². The predicted molar refractivity (Wildman–Crippen MR) is 73.9 cm³/mol. The third kappa shape index (κ3) is 7.20. The van der Waals surface area contributed by atoms with Crippen LogP contribution in [0.1, 0.15) is 65.2 Å². The molecule has 1 nitrogen and oxygen atoms in total. The molecule has 0 aliphatic heterocycles. The molecule has 0 saturated carbocycles. The molecule has 0 bridgehead atoms. The first-order chi connectivity index (χ1) is 10.1. The van der Waals surface area contributed by atoms with Crippen LogP contribution in [0, 0.1) is 0 Å². The Kier molecular flexibility index (Phi) is 9.43. The van der Waals surface area contributed by atoms with Gasteiger partial charge in [0.25, 0.3) is 0 Å². The van der Waals surface area contributed by atoms with Gasteiger partial charge in [-0.2, -0.15) is 26.3 Å². The van der Waals surface area contributed by atoms with E-state index < -0.39 is 24.4 Å². The van der Waals surface area contributed by atoms with Crippen LogP contribution in [0.4, 0.5) is 26.3 Å². The molecule has 0 radical (unpaired) electrons. The standard InChI is InChI=1S/C15H26F6O/c1-3-4-5-6-7-8-9-10-11-22-12-14(18,19)15(20,21)13(2,16)17/h3-12H2,1-2H3. The van der Waals surface area contributed by atoms with Crippen LogP contribution in [0.25, 0.3) is 0 Å². The molecule has 0 N–H and O–H groups in total. The van der Waals surface area contributed by atoms with Gasteiger partial charge >= 0.3 is 17.8 Å². The molecule has 0 rings (SSSR count). The maximum atomic E-state index is 13.1. The van der Waals surface area contributed by atoms with Gasteiger partial charge in [-0.3, -0.25) is 0 Å². The first kappa shape index (κ1) is 21.5. The molecule has 0 amide bonds. The molecular formula is C15H26F6O. The van der Waals surface area contributed by atoms with Crippen molar-refractivity contribution in [2.45, 2.75) is 83.0 Å². The van der Waals surface area contributed by atoms with Crippen molar-refractivity contribution >= 4 is 0 Å². The number of ether oxygens (including phenoxy) is 1. The third-order valence-corrected chi connectivity index (χ3v) is 3.44. The van der Waals surface area contributed by atoms with Gasteiger partial charge in [-0.25, -0.2) is 0 Å². The summed E-state index contributed by atoms with van der Waals surface area (Å²) in [5.41, 5.74) is 0. The summed E-state index contributed by atoms with van der Waals surface area (Å²) in [5.74, 6) is -15.1. The van der Waals surface area contributed by atoms with E-state index in [2.05, 4.69) is 11.7 Å². The second-order valence-electron chi connectivity index (χ2n) is 5.69. The van der Waals surface area contributed by atoms with Crippen LogP contribution in [0.15, 0.2) is 0 Å². The summed E-state index contributed by atoms with van der Waals surface area (Å²) in [7, 11) is 0. The van der Waals surface area contributed by atoms with E-state index in [0.29, 0.717) is 6.42 Å². The Morgan fingerprint density at radius 2 is 1.18 bits per heavy atom. The fourth-order valence-electron chi connectivity index (χ4n) is 1.95. The third-order valence-electron chi connectivity index (χ3n) is 3.44.